The predicted octanol–water partition coefficient (Wildman–Crippen LogP) is 5.92. The second-order valence-electron chi connectivity index (χ2n) is 7.65. The quantitative estimate of drug-likeness (QED) is 0.468. The molecule has 0 saturated heterocycles. The van der Waals surface area contributed by atoms with Gasteiger partial charge < -0.3 is 0 Å². The van der Waals surface area contributed by atoms with Gasteiger partial charge >= 0.3 is 0 Å². The van der Waals surface area contributed by atoms with Gasteiger partial charge in [-0.15, -0.1) is 0 Å². The van der Waals surface area contributed by atoms with Crippen LogP contribution in [0.1, 0.15) is 48.6 Å². The SMILES string of the molecule is Cc1cc(C)c2nc3c(C)cc(C(C)(C)C)cc3c(C)c2c1. The van der Waals surface area contributed by atoms with Gasteiger partial charge in [-0.1, -0.05) is 38.5 Å². The number of benzene rings is 2. The molecule has 114 valence electrons. The van der Waals surface area contributed by atoms with E-state index in [0.717, 1.165) is 11.0 Å². The summed E-state index contributed by atoms with van der Waals surface area (Å²) in [6.45, 7) is 15.5. The molecule has 1 aromatic heterocycles. The Kier molecular flexibility index (Phi) is 3.28. The molecular weight excluding hydrogens is 266 g/mol. The van der Waals surface area contributed by atoms with Gasteiger partial charge in [-0.25, -0.2) is 4.98 Å². The fraction of sp³-hybridized carbons (Fsp3) is 0.381. The van der Waals surface area contributed by atoms with Crippen LogP contribution in [0.2, 0.25) is 0 Å². The van der Waals surface area contributed by atoms with Crippen LogP contribution in [-0.2, 0) is 5.41 Å². The lowest BCUT2D eigenvalue weighted by Gasteiger charge is -2.21. The maximum absolute atomic E-state index is 5.00. The molecule has 1 heteroatoms. The molecule has 0 N–H and O–H groups in total. The van der Waals surface area contributed by atoms with Crippen molar-refractivity contribution < 1.29 is 0 Å². The third-order valence-corrected chi connectivity index (χ3v) is 4.64. The highest BCUT2D eigenvalue weighted by atomic mass is 14.7. The van der Waals surface area contributed by atoms with Gasteiger partial charge in [0.1, 0.15) is 0 Å². The van der Waals surface area contributed by atoms with Gasteiger partial charge in [0.15, 0.2) is 0 Å². The zero-order valence-corrected chi connectivity index (χ0v) is 14.8. The number of pyridine rings is 1. The van der Waals surface area contributed by atoms with Crippen molar-refractivity contribution in [3.8, 4) is 0 Å². The van der Waals surface area contributed by atoms with Crippen LogP contribution < -0.4 is 0 Å². The molecule has 0 saturated carbocycles. The molecule has 0 aliphatic carbocycles. The molecule has 3 rings (SSSR count). The van der Waals surface area contributed by atoms with Gasteiger partial charge in [-0.2, -0.15) is 0 Å². The monoisotopic (exact) mass is 291 g/mol. The van der Waals surface area contributed by atoms with E-state index in [2.05, 4.69) is 72.7 Å². The van der Waals surface area contributed by atoms with E-state index in [-0.39, 0.29) is 5.41 Å². The minimum atomic E-state index is 0.156. The zero-order valence-electron chi connectivity index (χ0n) is 14.8. The fourth-order valence-corrected chi connectivity index (χ4v) is 3.30. The third kappa shape index (κ3) is 2.29. The molecule has 1 heterocycles. The highest BCUT2D eigenvalue weighted by Gasteiger charge is 2.17. The van der Waals surface area contributed by atoms with Crippen molar-refractivity contribution in [2.45, 2.75) is 53.9 Å². The summed E-state index contributed by atoms with van der Waals surface area (Å²) in [5.41, 5.74) is 9.01. The molecule has 0 bridgehead atoms. The summed E-state index contributed by atoms with van der Waals surface area (Å²) in [6, 6.07) is 9.12. The van der Waals surface area contributed by atoms with Crippen molar-refractivity contribution >= 4 is 21.8 Å². The Morgan fingerprint density at radius 3 is 1.86 bits per heavy atom. The predicted molar refractivity (Wildman–Crippen MR) is 96.9 cm³/mol. The van der Waals surface area contributed by atoms with E-state index in [1.54, 1.807) is 0 Å². The lowest BCUT2D eigenvalue weighted by Crippen LogP contribution is -2.11. The smallest absolute Gasteiger partial charge is 0.0741 e. The first-order valence-corrected chi connectivity index (χ1v) is 8.01. The molecule has 1 nitrogen and oxygen atoms in total. The standard InChI is InChI=1S/C21H25N/c1-12-8-13(2)19-17(9-12)15(4)18-11-16(21(5,6)7)10-14(3)20(18)22-19/h8-11H,1-7H3. The molecule has 0 unspecified atom stereocenters. The summed E-state index contributed by atoms with van der Waals surface area (Å²) < 4.78 is 0. The van der Waals surface area contributed by atoms with Crippen molar-refractivity contribution in [2.24, 2.45) is 0 Å². The summed E-state index contributed by atoms with van der Waals surface area (Å²) in [4.78, 5) is 5.00. The van der Waals surface area contributed by atoms with Gasteiger partial charge in [0.05, 0.1) is 11.0 Å². The third-order valence-electron chi connectivity index (χ3n) is 4.64. The normalized spacial score (nSPS) is 12.3. The van der Waals surface area contributed by atoms with Crippen LogP contribution in [0.25, 0.3) is 21.8 Å². The Morgan fingerprint density at radius 1 is 0.727 bits per heavy atom. The van der Waals surface area contributed by atoms with E-state index >= 15 is 0 Å². The van der Waals surface area contributed by atoms with Crippen LogP contribution in [0.4, 0.5) is 0 Å². The molecular formula is C21H25N. The van der Waals surface area contributed by atoms with Gasteiger partial charge in [0.25, 0.3) is 0 Å². The molecule has 0 amide bonds. The molecule has 0 spiro atoms. The minimum absolute atomic E-state index is 0.156. The Bertz CT molecular complexity index is 896. The number of aromatic nitrogens is 1. The topological polar surface area (TPSA) is 12.9 Å². The lowest BCUT2D eigenvalue weighted by molar-refractivity contribution is 0.590. The molecule has 0 aliphatic heterocycles. The number of aryl methyl sites for hydroxylation is 4. The maximum atomic E-state index is 5.00. The summed E-state index contributed by atoms with van der Waals surface area (Å²) in [7, 11) is 0. The van der Waals surface area contributed by atoms with Crippen molar-refractivity contribution in [3.63, 3.8) is 0 Å². The summed E-state index contributed by atoms with van der Waals surface area (Å²) in [6.07, 6.45) is 0. The number of rotatable bonds is 0. The van der Waals surface area contributed by atoms with Crippen LogP contribution in [0.15, 0.2) is 24.3 Å². The van der Waals surface area contributed by atoms with Crippen molar-refractivity contribution in [2.75, 3.05) is 0 Å². The van der Waals surface area contributed by atoms with E-state index in [4.69, 9.17) is 4.98 Å². The number of hydrogen-bond donors (Lipinski definition) is 0. The zero-order chi connectivity index (χ0) is 16.2. The highest BCUT2D eigenvalue weighted by molar-refractivity contribution is 6.00. The van der Waals surface area contributed by atoms with Gasteiger partial charge in [0.2, 0.25) is 0 Å². The Balaban J connectivity index is 2.50. The van der Waals surface area contributed by atoms with E-state index in [0.29, 0.717) is 0 Å². The second kappa shape index (κ2) is 4.81. The summed E-state index contributed by atoms with van der Waals surface area (Å²) >= 11 is 0. The maximum Gasteiger partial charge on any atom is 0.0741 e. The molecule has 0 radical (unpaired) electrons. The summed E-state index contributed by atoms with van der Waals surface area (Å²) in [5, 5.41) is 2.58. The van der Waals surface area contributed by atoms with E-state index in [9.17, 15) is 0 Å². The van der Waals surface area contributed by atoms with Crippen molar-refractivity contribution in [1.29, 1.82) is 0 Å². The first-order valence-electron chi connectivity index (χ1n) is 8.01. The Labute approximate surface area is 133 Å². The summed E-state index contributed by atoms with van der Waals surface area (Å²) in [5.74, 6) is 0. The molecule has 0 fully saturated rings. The average molecular weight is 291 g/mol. The molecule has 3 aromatic rings. The van der Waals surface area contributed by atoms with Crippen molar-refractivity contribution in [3.05, 3.63) is 52.1 Å². The van der Waals surface area contributed by atoms with E-state index in [1.165, 1.54) is 38.6 Å². The Morgan fingerprint density at radius 2 is 1.27 bits per heavy atom. The minimum Gasteiger partial charge on any atom is -0.247 e. The number of nitrogens with zero attached hydrogens (tertiary/aromatic N) is 1. The molecule has 22 heavy (non-hydrogen) atoms. The van der Waals surface area contributed by atoms with Crippen LogP contribution in [0, 0.1) is 27.7 Å². The van der Waals surface area contributed by atoms with Crippen LogP contribution in [0.5, 0.6) is 0 Å². The number of fused-ring (bicyclic) bond motifs is 2. The van der Waals surface area contributed by atoms with Gasteiger partial charge in [-0.05, 0) is 67.5 Å². The highest BCUT2D eigenvalue weighted by Crippen LogP contribution is 2.33. The average Bonchev–Trinajstić information content (AvgIpc) is 2.40. The fourth-order valence-electron chi connectivity index (χ4n) is 3.30. The van der Waals surface area contributed by atoms with Crippen LogP contribution >= 0.6 is 0 Å². The lowest BCUT2D eigenvalue weighted by atomic mass is 9.84. The molecule has 2 aromatic carbocycles. The number of hydrogen-bond acceptors (Lipinski definition) is 1. The molecule has 0 atom stereocenters. The Hall–Kier alpha value is -1.89. The molecule has 0 aliphatic rings. The first kappa shape index (κ1) is 15.0. The van der Waals surface area contributed by atoms with Gasteiger partial charge in [-0.3, -0.25) is 0 Å². The van der Waals surface area contributed by atoms with Crippen molar-refractivity contribution in [1.82, 2.24) is 4.98 Å². The van der Waals surface area contributed by atoms with Crippen LogP contribution in [-0.4, -0.2) is 4.98 Å². The van der Waals surface area contributed by atoms with E-state index in [1.807, 2.05) is 0 Å². The second-order valence-corrected chi connectivity index (χ2v) is 7.65. The first-order chi connectivity index (χ1) is 10.2. The van der Waals surface area contributed by atoms with Crippen LogP contribution in [0.3, 0.4) is 0 Å². The van der Waals surface area contributed by atoms with E-state index < -0.39 is 0 Å². The van der Waals surface area contributed by atoms with Gasteiger partial charge in [0, 0.05) is 10.8 Å². The largest absolute Gasteiger partial charge is 0.247 e.